The Hall–Kier alpha value is -2.55. The number of nitrogens with one attached hydrogen (secondary N) is 1. The summed E-state index contributed by atoms with van der Waals surface area (Å²) in [6.07, 6.45) is 21.9. The van der Waals surface area contributed by atoms with Gasteiger partial charge in [-0.25, -0.2) is 0 Å². The zero-order chi connectivity index (χ0) is 24.7. The van der Waals surface area contributed by atoms with Crippen LogP contribution in [0.2, 0.25) is 0 Å². The molecule has 3 aromatic rings. The first-order valence-electron chi connectivity index (χ1n) is 14.2. The number of para-hydroxylation sites is 1. The number of unbranched alkanes of at least 4 members (excludes halogenated alkanes) is 11. The van der Waals surface area contributed by atoms with E-state index < -0.39 is 0 Å². The summed E-state index contributed by atoms with van der Waals surface area (Å²) in [5.41, 5.74) is 3.37. The van der Waals surface area contributed by atoms with Gasteiger partial charge < -0.3 is 9.88 Å². The van der Waals surface area contributed by atoms with Crippen molar-refractivity contribution in [1.82, 2.24) is 4.57 Å². The number of carbonyl (C=O) groups excluding carboxylic acids is 1. The van der Waals surface area contributed by atoms with Crippen molar-refractivity contribution in [1.29, 1.82) is 0 Å². The minimum atomic E-state index is 0.126. The molecule has 1 aromatic heterocycles. The molecule has 0 saturated carbocycles. The molecule has 1 amide bonds. The third kappa shape index (κ3) is 8.56. The van der Waals surface area contributed by atoms with Crippen LogP contribution in [0.4, 0.5) is 5.69 Å². The van der Waals surface area contributed by atoms with Gasteiger partial charge in [-0.3, -0.25) is 4.79 Å². The minimum absolute atomic E-state index is 0.126. The molecule has 0 bridgehead atoms. The van der Waals surface area contributed by atoms with E-state index in [1.165, 1.54) is 92.4 Å². The van der Waals surface area contributed by atoms with Gasteiger partial charge in [0, 0.05) is 40.5 Å². The molecule has 0 radical (unpaired) electrons. The molecule has 0 saturated heterocycles. The van der Waals surface area contributed by atoms with Crippen molar-refractivity contribution in [3.05, 3.63) is 54.6 Å². The molecule has 0 unspecified atom stereocenters. The van der Waals surface area contributed by atoms with Gasteiger partial charge in [0.05, 0.1) is 0 Å². The summed E-state index contributed by atoms with van der Waals surface area (Å²) in [5.74, 6) is 0.126. The van der Waals surface area contributed by atoms with Crippen molar-refractivity contribution in [2.24, 2.45) is 0 Å². The smallest absolute Gasteiger partial charge is 0.224 e. The highest BCUT2D eigenvalue weighted by Gasteiger charge is 2.10. The van der Waals surface area contributed by atoms with Crippen molar-refractivity contribution in [2.45, 2.75) is 110 Å². The first-order chi connectivity index (χ1) is 17.2. The van der Waals surface area contributed by atoms with E-state index >= 15 is 0 Å². The van der Waals surface area contributed by atoms with E-state index in [4.69, 9.17) is 0 Å². The van der Waals surface area contributed by atoms with Crippen LogP contribution >= 0.6 is 0 Å². The van der Waals surface area contributed by atoms with Gasteiger partial charge in [-0.15, -0.1) is 0 Å². The summed E-state index contributed by atoms with van der Waals surface area (Å²) in [4.78, 5) is 12.5. The first kappa shape index (κ1) is 27.0. The third-order valence-electron chi connectivity index (χ3n) is 7.04. The van der Waals surface area contributed by atoms with Crippen molar-refractivity contribution in [3.8, 4) is 0 Å². The molecular formula is C32H46N2O. The number of aromatic nitrogens is 1. The quantitative estimate of drug-likeness (QED) is 0.153. The van der Waals surface area contributed by atoms with Crippen LogP contribution < -0.4 is 5.32 Å². The maximum atomic E-state index is 12.5. The molecule has 0 spiro atoms. The number of hydrogen-bond acceptors (Lipinski definition) is 1. The predicted octanol–water partition coefficient (Wildman–Crippen LogP) is 9.79. The second-order valence-corrected chi connectivity index (χ2v) is 9.88. The Balaban J connectivity index is 1.28. The topological polar surface area (TPSA) is 34.0 Å². The standard InChI is InChI=1S/C32H46N2O/c1-3-5-6-7-8-9-10-11-12-13-14-15-16-17-18-23-32(35)33-27-24-25-31-29(26-27)28-21-19-20-22-30(28)34(31)4-2/h11-12,19-22,24-26H,3-10,13-18,23H2,1-2H3,(H,33,35)/b12-11-. The van der Waals surface area contributed by atoms with Gasteiger partial charge >= 0.3 is 0 Å². The van der Waals surface area contributed by atoms with E-state index in [0.29, 0.717) is 6.42 Å². The van der Waals surface area contributed by atoms with Gasteiger partial charge in [0.15, 0.2) is 0 Å². The van der Waals surface area contributed by atoms with E-state index in [0.717, 1.165) is 25.1 Å². The number of amides is 1. The zero-order valence-corrected chi connectivity index (χ0v) is 22.2. The summed E-state index contributed by atoms with van der Waals surface area (Å²) in [5, 5.41) is 5.58. The molecule has 3 heteroatoms. The Morgan fingerprint density at radius 1 is 0.743 bits per heavy atom. The van der Waals surface area contributed by atoms with Gasteiger partial charge in [0.2, 0.25) is 5.91 Å². The molecule has 2 aromatic carbocycles. The van der Waals surface area contributed by atoms with E-state index in [9.17, 15) is 4.79 Å². The molecule has 0 fully saturated rings. The molecule has 0 aliphatic rings. The van der Waals surface area contributed by atoms with Crippen LogP contribution in [0.1, 0.15) is 104 Å². The number of rotatable bonds is 17. The van der Waals surface area contributed by atoms with Gasteiger partial charge in [0.1, 0.15) is 0 Å². The summed E-state index contributed by atoms with van der Waals surface area (Å²) < 4.78 is 2.33. The summed E-state index contributed by atoms with van der Waals surface area (Å²) >= 11 is 0. The molecule has 190 valence electrons. The normalized spacial score (nSPS) is 11.7. The Bertz CT molecular complexity index is 1060. The fourth-order valence-corrected chi connectivity index (χ4v) is 5.05. The highest BCUT2D eigenvalue weighted by Crippen LogP contribution is 2.31. The molecule has 3 nitrogen and oxygen atoms in total. The maximum Gasteiger partial charge on any atom is 0.224 e. The molecule has 1 N–H and O–H groups in total. The maximum absolute atomic E-state index is 12.5. The Labute approximate surface area is 213 Å². The monoisotopic (exact) mass is 474 g/mol. The van der Waals surface area contributed by atoms with E-state index in [1.807, 2.05) is 6.07 Å². The number of benzene rings is 2. The van der Waals surface area contributed by atoms with Crippen molar-refractivity contribution < 1.29 is 4.79 Å². The molecule has 0 atom stereocenters. The lowest BCUT2D eigenvalue weighted by molar-refractivity contribution is -0.116. The largest absolute Gasteiger partial charge is 0.341 e. The zero-order valence-electron chi connectivity index (χ0n) is 22.2. The average Bonchev–Trinajstić information content (AvgIpc) is 3.19. The minimum Gasteiger partial charge on any atom is -0.341 e. The van der Waals surface area contributed by atoms with Gasteiger partial charge in [0.25, 0.3) is 0 Å². The summed E-state index contributed by atoms with van der Waals surface area (Å²) in [6, 6.07) is 14.8. The number of anilines is 1. The van der Waals surface area contributed by atoms with Crippen LogP contribution in [-0.2, 0) is 11.3 Å². The number of nitrogens with zero attached hydrogens (tertiary/aromatic N) is 1. The summed E-state index contributed by atoms with van der Waals surface area (Å²) in [7, 11) is 0. The Morgan fingerprint density at radius 3 is 2.09 bits per heavy atom. The SMILES string of the molecule is CCCCCCCC/C=C\CCCCCCCC(=O)Nc1ccc2c(c1)c1ccccc1n2CC. The lowest BCUT2D eigenvalue weighted by atomic mass is 10.1. The van der Waals surface area contributed by atoms with Crippen LogP contribution in [0.25, 0.3) is 21.8 Å². The molecule has 0 aliphatic carbocycles. The lowest BCUT2D eigenvalue weighted by Gasteiger charge is -2.07. The number of allylic oxidation sites excluding steroid dienone is 2. The lowest BCUT2D eigenvalue weighted by Crippen LogP contribution is -2.10. The fourth-order valence-electron chi connectivity index (χ4n) is 5.05. The summed E-state index contributed by atoms with van der Waals surface area (Å²) in [6.45, 7) is 5.38. The van der Waals surface area contributed by atoms with E-state index in [2.05, 4.69) is 72.3 Å². The molecule has 3 rings (SSSR count). The second kappa shape index (κ2) is 15.4. The molecular weight excluding hydrogens is 428 g/mol. The van der Waals surface area contributed by atoms with Gasteiger partial charge in [-0.2, -0.15) is 0 Å². The van der Waals surface area contributed by atoms with Crippen molar-refractivity contribution >= 4 is 33.4 Å². The fraction of sp³-hybridized carbons (Fsp3) is 0.531. The molecule has 35 heavy (non-hydrogen) atoms. The number of fused-ring (bicyclic) bond motifs is 3. The van der Waals surface area contributed by atoms with Crippen LogP contribution in [0.5, 0.6) is 0 Å². The first-order valence-corrected chi connectivity index (χ1v) is 14.2. The van der Waals surface area contributed by atoms with Gasteiger partial charge in [-0.05, 0) is 63.3 Å². The molecule has 0 aliphatic heterocycles. The third-order valence-corrected chi connectivity index (χ3v) is 7.04. The predicted molar refractivity (Wildman–Crippen MR) is 153 cm³/mol. The van der Waals surface area contributed by atoms with E-state index in [1.54, 1.807) is 0 Å². The van der Waals surface area contributed by atoms with E-state index in [-0.39, 0.29) is 5.91 Å². The van der Waals surface area contributed by atoms with Crippen LogP contribution in [0.15, 0.2) is 54.6 Å². The number of aryl methyl sites for hydroxylation is 1. The Kier molecular flexibility index (Phi) is 11.9. The highest BCUT2D eigenvalue weighted by molar-refractivity contribution is 6.09. The van der Waals surface area contributed by atoms with Crippen LogP contribution in [0.3, 0.4) is 0 Å². The average molecular weight is 475 g/mol. The second-order valence-electron chi connectivity index (χ2n) is 9.88. The van der Waals surface area contributed by atoms with Crippen molar-refractivity contribution in [2.75, 3.05) is 5.32 Å². The van der Waals surface area contributed by atoms with Gasteiger partial charge in [-0.1, -0.05) is 88.6 Å². The van der Waals surface area contributed by atoms with Crippen molar-refractivity contribution in [3.63, 3.8) is 0 Å². The number of carbonyl (C=O) groups is 1. The van der Waals surface area contributed by atoms with Crippen LogP contribution in [-0.4, -0.2) is 10.5 Å². The molecule has 1 heterocycles. The van der Waals surface area contributed by atoms with Crippen LogP contribution in [0, 0.1) is 0 Å². The highest BCUT2D eigenvalue weighted by atomic mass is 16.1. The Morgan fingerprint density at radius 2 is 1.37 bits per heavy atom. The number of hydrogen-bond donors (Lipinski definition) is 1.